The van der Waals surface area contributed by atoms with E-state index in [-0.39, 0.29) is 13.2 Å². The molecule has 0 saturated heterocycles. The van der Waals surface area contributed by atoms with Crippen molar-refractivity contribution in [3.8, 4) is 12.3 Å². The minimum atomic E-state index is -1.05. The maximum absolute atomic E-state index is 10.9. The van der Waals surface area contributed by atoms with Gasteiger partial charge in [-0.3, -0.25) is 14.4 Å². The molecule has 18 heteroatoms. The molecule has 45 heavy (non-hydrogen) atoms. The summed E-state index contributed by atoms with van der Waals surface area (Å²) in [4.78, 5) is 63.5. The zero-order valence-corrected chi connectivity index (χ0v) is 25.5. The lowest BCUT2D eigenvalue weighted by Crippen LogP contribution is -2.32. The lowest BCUT2D eigenvalue weighted by molar-refractivity contribution is -0.139. The predicted octanol–water partition coefficient (Wildman–Crippen LogP) is -0.0567. The fourth-order valence-electron chi connectivity index (χ4n) is 2.50. The molecule has 0 aromatic heterocycles. The molecule has 3 amide bonds. The third-order valence-electron chi connectivity index (χ3n) is 4.89. The lowest BCUT2D eigenvalue weighted by atomic mass is 10.2. The average molecular weight is 649 g/mol. The van der Waals surface area contributed by atoms with Crippen LogP contribution in [0.2, 0.25) is 0 Å². The van der Waals surface area contributed by atoms with Gasteiger partial charge in [0.05, 0.1) is 6.61 Å². The van der Waals surface area contributed by atoms with Gasteiger partial charge >= 0.3 is 36.2 Å². The monoisotopic (exact) mass is 648 g/mol. The van der Waals surface area contributed by atoms with Gasteiger partial charge in [0.25, 0.3) is 0 Å². The molecule has 0 heterocycles. The van der Waals surface area contributed by atoms with Crippen LogP contribution in [0.15, 0.2) is 12.7 Å². The van der Waals surface area contributed by atoms with Crippen LogP contribution in [0.5, 0.6) is 0 Å². The highest BCUT2D eigenvalue weighted by molar-refractivity contribution is 5.73. The molecule has 0 aliphatic heterocycles. The first-order valence-electron chi connectivity index (χ1n) is 13.9. The minimum Gasteiger partial charge on any atom is -0.480 e. The Hall–Kier alpha value is -4.60. The molecule has 0 saturated carbocycles. The first-order chi connectivity index (χ1) is 21.2. The average Bonchev–Trinajstić information content (AvgIpc) is 3.00. The summed E-state index contributed by atoms with van der Waals surface area (Å²) >= 11 is 0. The van der Waals surface area contributed by atoms with Crippen LogP contribution in [0.25, 0.3) is 0 Å². The van der Waals surface area contributed by atoms with Gasteiger partial charge in [-0.1, -0.05) is 25.5 Å². The number of carbonyl (C=O) groups excluding carboxylic acids is 3. The van der Waals surface area contributed by atoms with Gasteiger partial charge in [-0.2, -0.15) is 0 Å². The molecule has 0 fully saturated rings. The van der Waals surface area contributed by atoms with E-state index in [2.05, 4.69) is 37.9 Å². The van der Waals surface area contributed by atoms with Crippen molar-refractivity contribution in [2.24, 2.45) is 17.2 Å². The molecular weight excluding hydrogens is 600 g/mol. The van der Waals surface area contributed by atoms with Crippen molar-refractivity contribution < 1.29 is 58.3 Å². The van der Waals surface area contributed by atoms with Crippen molar-refractivity contribution in [2.45, 2.75) is 70.0 Å². The Kier molecular flexibility index (Phi) is 30.7. The zero-order valence-electron chi connectivity index (χ0n) is 25.5. The molecule has 0 aliphatic carbocycles. The Morgan fingerprint density at radius 2 is 1.09 bits per heavy atom. The number of amides is 3. The molecule has 12 N–H and O–H groups in total. The first kappa shape index (κ1) is 44.8. The largest absolute Gasteiger partial charge is 0.480 e. The Balaban J connectivity index is -0.000000588. The number of carboxylic acids is 3. The second kappa shape index (κ2) is 30.8. The maximum atomic E-state index is 10.9. The molecule has 0 aromatic carbocycles. The van der Waals surface area contributed by atoms with Gasteiger partial charge in [0.1, 0.15) is 24.7 Å². The van der Waals surface area contributed by atoms with Crippen LogP contribution < -0.4 is 33.2 Å². The molecule has 0 aromatic rings. The second-order valence-electron chi connectivity index (χ2n) is 8.84. The van der Waals surface area contributed by atoms with Gasteiger partial charge in [-0.05, 0) is 44.9 Å². The molecule has 258 valence electrons. The van der Waals surface area contributed by atoms with Crippen LogP contribution in [0.3, 0.4) is 0 Å². The summed E-state index contributed by atoms with van der Waals surface area (Å²) in [5.41, 5.74) is 15.8. The van der Waals surface area contributed by atoms with Crippen molar-refractivity contribution in [1.29, 1.82) is 0 Å². The SMILES string of the molecule is C#CCOC(=O)NCCC[C@H](N)C(=O)O.C=CCOC(=O)NCCC[C@H](N)C(=O)O.CCCOC(=O)NCCC[C@H](N)C(=O)O. The quantitative estimate of drug-likeness (QED) is 0.0361. The third-order valence-corrected chi connectivity index (χ3v) is 4.89. The smallest absolute Gasteiger partial charge is 0.408 e. The van der Waals surface area contributed by atoms with E-state index in [9.17, 15) is 28.8 Å². The Morgan fingerprint density at radius 1 is 0.733 bits per heavy atom. The second-order valence-corrected chi connectivity index (χ2v) is 8.84. The molecule has 0 aliphatic rings. The zero-order chi connectivity index (χ0) is 35.0. The number of carbonyl (C=O) groups is 6. The van der Waals surface area contributed by atoms with Crippen molar-refractivity contribution in [3.05, 3.63) is 12.7 Å². The molecule has 0 spiro atoms. The number of nitrogens with two attached hydrogens (primary N) is 3. The Bertz CT molecular complexity index is 928. The summed E-state index contributed by atoms with van der Waals surface area (Å²) < 4.78 is 13.9. The van der Waals surface area contributed by atoms with Crippen molar-refractivity contribution in [2.75, 3.05) is 39.5 Å². The van der Waals surface area contributed by atoms with Crippen LogP contribution in [0, 0.1) is 12.3 Å². The van der Waals surface area contributed by atoms with Gasteiger partial charge in [0, 0.05) is 19.6 Å². The summed E-state index contributed by atoms with van der Waals surface area (Å²) in [7, 11) is 0. The van der Waals surface area contributed by atoms with Gasteiger partial charge in [0.2, 0.25) is 0 Å². The number of hydrogen-bond acceptors (Lipinski definition) is 12. The number of hydrogen-bond donors (Lipinski definition) is 9. The number of ether oxygens (including phenoxy) is 3. The van der Waals surface area contributed by atoms with Gasteiger partial charge in [0.15, 0.2) is 6.61 Å². The third kappa shape index (κ3) is 33.8. The number of carboxylic acid groups (broad SMARTS) is 3. The maximum Gasteiger partial charge on any atom is 0.408 e. The highest BCUT2D eigenvalue weighted by Crippen LogP contribution is 1.95. The van der Waals surface area contributed by atoms with E-state index in [0.717, 1.165) is 6.42 Å². The Labute approximate surface area is 262 Å². The summed E-state index contributed by atoms with van der Waals surface area (Å²) in [6, 6.07) is -2.64. The summed E-state index contributed by atoms with van der Waals surface area (Å²) in [5.74, 6) is -0.972. The fourth-order valence-corrected chi connectivity index (χ4v) is 2.50. The van der Waals surface area contributed by atoms with E-state index in [4.69, 9.17) is 43.7 Å². The van der Waals surface area contributed by atoms with E-state index in [1.807, 2.05) is 6.92 Å². The van der Waals surface area contributed by atoms with Crippen LogP contribution in [0.4, 0.5) is 14.4 Å². The van der Waals surface area contributed by atoms with Crippen LogP contribution in [0.1, 0.15) is 51.9 Å². The predicted molar refractivity (Wildman–Crippen MR) is 162 cm³/mol. The minimum absolute atomic E-state index is 0.0829. The van der Waals surface area contributed by atoms with E-state index in [1.54, 1.807) is 0 Å². The van der Waals surface area contributed by atoms with Gasteiger partial charge < -0.3 is 62.7 Å². The van der Waals surface area contributed by atoms with E-state index >= 15 is 0 Å². The summed E-state index contributed by atoms with van der Waals surface area (Å²) in [6.07, 6.45) is 7.91. The number of aliphatic carboxylic acids is 3. The number of terminal acetylenes is 1. The molecule has 3 atom stereocenters. The number of alkyl carbamates (subject to hydrolysis) is 3. The van der Waals surface area contributed by atoms with Gasteiger partial charge in [-0.15, -0.1) is 6.42 Å². The number of nitrogens with one attached hydrogen (secondary N) is 3. The molecular formula is C27H48N6O12. The molecule has 0 unspecified atom stereocenters. The van der Waals surface area contributed by atoms with Crippen molar-refractivity contribution in [1.82, 2.24) is 16.0 Å². The van der Waals surface area contributed by atoms with Crippen LogP contribution in [-0.2, 0) is 28.6 Å². The molecule has 18 nitrogen and oxygen atoms in total. The molecule has 0 rings (SSSR count). The first-order valence-corrected chi connectivity index (χ1v) is 13.9. The normalized spacial score (nSPS) is 11.5. The highest BCUT2D eigenvalue weighted by atomic mass is 16.6. The number of rotatable bonds is 20. The van der Waals surface area contributed by atoms with E-state index in [1.165, 1.54) is 6.08 Å². The lowest BCUT2D eigenvalue weighted by Gasteiger charge is -2.07. The summed E-state index contributed by atoms with van der Waals surface area (Å²) in [6.45, 7) is 6.78. The summed E-state index contributed by atoms with van der Waals surface area (Å²) in [5, 5.41) is 32.7. The van der Waals surface area contributed by atoms with Crippen molar-refractivity contribution >= 4 is 36.2 Å². The molecule has 0 bridgehead atoms. The topological polar surface area (TPSA) is 305 Å². The van der Waals surface area contributed by atoms with Crippen LogP contribution in [-0.4, -0.2) is 109 Å². The van der Waals surface area contributed by atoms with Gasteiger partial charge in [-0.25, -0.2) is 14.4 Å². The molecule has 0 radical (unpaired) electrons. The van der Waals surface area contributed by atoms with Crippen molar-refractivity contribution in [3.63, 3.8) is 0 Å². The standard InChI is InChI=1S/C9H18N2O4.C9H16N2O4.C9H14N2O4/c3*1-2-6-15-9(14)11-5-3-4-7(10)8(12)13/h7H,2-6,10H2,1H3,(H,11,14)(H,12,13);2,7H,1,3-6,10H2,(H,11,14)(H,12,13);1,7H,3-6,10H2,(H,11,14)(H,12,13)/t3*7-/m000/s1. The van der Waals surface area contributed by atoms with E-state index in [0.29, 0.717) is 64.8 Å². The highest BCUT2D eigenvalue weighted by Gasteiger charge is 2.12. The van der Waals surface area contributed by atoms with E-state index < -0.39 is 54.3 Å². The van der Waals surface area contributed by atoms with Crippen LogP contribution >= 0.6 is 0 Å². The fraction of sp³-hybridized carbons (Fsp3) is 0.630. The Morgan fingerprint density at radius 3 is 1.40 bits per heavy atom.